The van der Waals surface area contributed by atoms with Crippen molar-refractivity contribution in [2.24, 2.45) is 5.41 Å². The average molecular weight is 458 g/mol. The van der Waals surface area contributed by atoms with Crippen LogP contribution in [0, 0.1) is 5.41 Å². The summed E-state index contributed by atoms with van der Waals surface area (Å²) in [6.45, 7) is 7.57. The number of methoxy groups -OCH3 is 1. The molecular formula is C19H22Br2O3. The fourth-order valence-corrected chi connectivity index (χ4v) is 4.20. The van der Waals surface area contributed by atoms with E-state index in [1.54, 1.807) is 7.11 Å². The Kier molecular flexibility index (Phi) is 5.00. The lowest BCUT2D eigenvalue weighted by Crippen LogP contribution is -2.50. The van der Waals surface area contributed by atoms with Crippen molar-refractivity contribution in [3.8, 4) is 5.75 Å². The van der Waals surface area contributed by atoms with Crippen molar-refractivity contribution in [2.45, 2.75) is 31.4 Å². The molecule has 0 saturated carbocycles. The zero-order valence-corrected chi connectivity index (χ0v) is 17.5. The molecule has 24 heavy (non-hydrogen) atoms. The number of hydrogen-bond acceptors (Lipinski definition) is 3. The van der Waals surface area contributed by atoms with Crippen LogP contribution in [0.5, 0.6) is 5.75 Å². The molecule has 3 rings (SSSR count). The topological polar surface area (TPSA) is 27.7 Å². The lowest BCUT2D eigenvalue weighted by Gasteiger charge is -2.46. The highest BCUT2D eigenvalue weighted by Gasteiger charge is 2.48. The van der Waals surface area contributed by atoms with Crippen molar-refractivity contribution in [3.63, 3.8) is 0 Å². The average Bonchev–Trinajstić information content (AvgIpc) is 2.54. The van der Waals surface area contributed by atoms with Gasteiger partial charge in [-0.3, -0.25) is 0 Å². The third-order valence-electron chi connectivity index (χ3n) is 4.39. The highest BCUT2D eigenvalue weighted by Crippen LogP contribution is 2.49. The van der Waals surface area contributed by atoms with Gasteiger partial charge in [-0.25, -0.2) is 0 Å². The summed E-state index contributed by atoms with van der Waals surface area (Å²) in [5.41, 5.74) is 0.912. The summed E-state index contributed by atoms with van der Waals surface area (Å²) in [6, 6.07) is 10.3. The number of rotatable bonds is 3. The molecule has 2 aromatic carbocycles. The number of halogens is 2. The lowest BCUT2D eigenvalue weighted by molar-refractivity contribution is -0.304. The zero-order valence-electron chi connectivity index (χ0n) is 14.4. The normalized spacial score (nSPS) is 20.8. The number of benzene rings is 2. The monoisotopic (exact) mass is 456 g/mol. The van der Waals surface area contributed by atoms with E-state index < -0.39 is 5.79 Å². The predicted octanol–water partition coefficient (Wildman–Crippen LogP) is 5.62. The largest absolute Gasteiger partial charge is 0.495 e. The van der Waals surface area contributed by atoms with Gasteiger partial charge in [-0.2, -0.15) is 0 Å². The van der Waals surface area contributed by atoms with Gasteiger partial charge in [0.15, 0.2) is 0 Å². The molecule has 0 radical (unpaired) electrons. The van der Waals surface area contributed by atoms with Crippen LogP contribution in [0.2, 0.25) is 0 Å². The van der Waals surface area contributed by atoms with E-state index in [2.05, 4.69) is 63.9 Å². The SMILES string of the molecule is COc1c(Br)cc2ccccc2c1C1(C(C)Br)OCC(C)(C)CO1. The summed E-state index contributed by atoms with van der Waals surface area (Å²) in [5, 5.41) is 2.19. The molecule has 0 spiro atoms. The van der Waals surface area contributed by atoms with Crippen LogP contribution in [0.1, 0.15) is 26.3 Å². The minimum absolute atomic E-state index is 0.0135. The summed E-state index contributed by atoms with van der Waals surface area (Å²) in [6.07, 6.45) is 0. The quantitative estimate of drug-likeness (QED) is 0.559. The second kappa shape index (κ2) is 6.60. The Bertz CT molecular complexity index is 746. The van der Waals surface area contributed by atoms with Gasteiger partial charge in [0.2, 0.25) is 5.79 Å². The minimum atomic E-state index is -0.899. The summed E-state index contributed by atoms with van der Waals surface area (Å²) in [7, 11) is 1.68. The van der Waals surface area contributed by atoms with Gasteiger partial charge < -0.3 is 14.2 Å². The first-order valence-electron chi connectivity index (χ1n) is 7.98. The molecule has 0 N–H and O–H groups in total. The third kappa shape index (κ3) is 3.00. The second-order valence-electron chi connectivity index (χ2n) is 7.01. The second-order valence-corrected chi connectivity index (χ2v) is 9.24. The maximum absolute atomic E-state index is 6.36. The van der Waals surface area contributed by atoms with Crippen molar-refractivity contribution in [1.82, 2.24) is 0 Å². The Balaban J connectivity index is 2.29. The summed E-state index contributed by atoms with van der Waals surface area (Å²) in [5.74, 6) is -0.149. The third-order valence-corrected chi connectivity index (χ3v) is 5.58. The van der Waals surface area contributed by atoms with E-state index in [-0.39, 0.29) is 10.2 Å². The molecule has 1 aliphatic rings. The van der Waals surface area contributed by atoms with Gasteiger partial charge in [-0.1, -0.05) is 54.0 Å². The molecule has 0 aliphatic carbocycles. The van der Waals surface area contributed by atoms with Crippen LogP contribution >= 0.6 is 31.9 Å². The first kappa shape index (κ1) is 18.2. The molecule has 1 fully saturated rings. The summed E-state index contributed by atoms with van der Waals surface area (Å²) in [4.78, 5) is -0.0484. The maximum Gasteiger partial charge on any atom is 0.211 e. The van der Waals surface area contributed by atoms with E-state index in [1.807, 2.05) is 19.1 Å². The Morgan fingerprint density at radius 2 is 1.79 bits per heavy atom. The van der Waals surface area contributed by atoms with Crippen LogP contribution in [0.15, 0.2) is 34.8 Å². The summed E-state index contributed by atoms with van der Waals surface area (Å²) < 4.78 is 19.4. The van der Waals surface area contributed by atoms with E-state index in [1.165, 1.54) is 0 Å². The fraction of sp³-hybridized carbons (Fsp3) is 0.474. The maximum atomic E-state index is 6.36. The highest BCUT2D eigenvalue weighted by molar-refractivity contribution is 9.10. The van der Waals surface area contributed by atoms with Crippen molar-refractivity contribution < 1.29 is 14.2 Å². The van der Waals surface area contributed by atoms with E-state index >= 15 is 0 Å². The standard InChI is InChI=1S/C19H22Br2O3/c1-12(20)19(23-10-18(2,3)11-24-19)16-14-8-6-5-7-13(14)9-15(21)17(16)22-4/h5-9,12H,10-11H2,1-4H3. The Morgan fingerprint density at radius 1 is 1.17 bits per heavy atom. The van der Waals surface area contributed by atoms with Crippen molar-refractivity contribution in [1.29, 1.82) is 0 Å². The van der Waals surface area contributed by atoms with Crippen molar-refractivity contribution in [2.75, 3.05) is 20.3 Å². The van der Waals surface area contributed by atoms with Gasteiger partial charge in [0.05, 0.1) is 35.2 Å². The minimum Gasteiger partial charge on any atom is -0.495 e. The van der Waals surface area contributed by atoms with E-state index in [9.17, 15) is 0 Å². The van der Waals surface area contributed by atoms with Crippen LogP contribution in [0.4, 0.5) is 0 Å². The molecule has 1 atom stereocenters. The molecule has 1 unspecified atom stereocenters. The number of hydrogen-bond donors (Lipinski definition) is 0. The Labute approximate surface area is 159 Å². The molecule has 1 heterocycles. The molecule has 3 nitrogen and oxygen atoms in total. The molecule has 0 amide bonds. The van der Waals surface area contributed by atoms with Gasteiger partial charge in [0, 0.05) is 5.41 Å². The summed E-state index contributed by atoms with van der Waals surface area (Å²) >= 11 is 7.36. The zero-order chi connectivity index (χ0) is 17.5. The number of fused-ring (bicyclic) bond motifs is 1. The van der Waals surface area contributed by atoms with Gasteiger partial charge >= 0.3 is 0 Å². The smallest absolute Gasteiger partial charge is 0.211 e. The van der Waals surface area contributed by atoms with Crippen LogP contribution in [-0.4, -0.2) is 25.2 Å². The van der Waals surface area contributed by atoms with Crippen LogP contribution in [-0.2, 0) is 15.3 Å². The van der Waals surface area contributed by atoms with E-state index in [4.69, 9.17) is 14.2 Å². The van der Waals surface area contributed by atoms with Crippen LogP contribution in [0.3, 0.4) is 0 Å². The number of ether oxygens (including phenoxy) is 3. The van der Waals surface area contributed by atoms with Gasteiger partial charge in [-0.05, 0) is 39.7 Å². The van der Waals surface area contributed by atoms with Crippen molar-refractivity contribution >= 4 is 42.6 Å². The lowest BCUT2D eigenvalue weighted by atomic mass is 9.90. The van der Waals surface area contributed by atoms with Crippen LogP contribution in [0.25, 0.3) is 10.8 Å². The molecule has 0 aromatic heterocycles. The number of alkyl halides is 1. The highest BCUT2D eigenvalue weighted by atomic mass is 79.9. The van der Waals surface area contributed by atoms with Crippen LogP contribution < -0.4 is 4.74 Å². The molecule has 5 heteroatoms. The molecule has 1 aliphatic heterocycles. The molecular weight excluding hydrogens is 436 g/mol. The predicted molar refractivity (Wildman–Crippen MR) is 104 cm³/mol. The molecule has 2 aromatic rings. The molecule has 130 valence electrons. The van der Waals surface area contributed by atoms with E-state index in [0.717, 1.165) is 26.6 Å². The first-order valence-corrected chi connectivity index (χ1v) is 9.69. The molecule has 1 saturated heterocycles. The molecule has 0 bridgehead atoms. The Morgan fingerprint density at radius 3 is 2.38 bits per heavy atom. The van der Waals surface area contributed by atoms with Gasteiger partial charge in [0.1, 0.15) is 5.75 Å². The Hall–Kier alpha value is -0.620. The fourth-order valence-electron chi connectivity index (χ4n) is 3.10. The van der Waals surface area contributed by atoms with Gasteiger partial charge in [0.25, 0.3) is 0 Å². The first-order chi connectivity index (χ1) is 11.3. The van der Waals surface area contributed by atoms with Crippen molar-refractivity contribution in [3.05, 3.63) is 40.4 Å². The van der Waals surface area contributed by atoms with Gasteiger partial charge in [-0.15, -0.1) is 0 Å². The van der Waals surface area contributed by atoms with E-state index in [0.29, 0.717) is 13.2 Å².